The molecule has 2 aromatic rings. The Kier molecular flexibility index (Phi) is 7.96. The van der Waals surface area contributed by atoms with Crippen LogP contribution in [0.3, 0.4) is 0 Å². The number of hydrogen-bond donors (Lipinski definition) is 0. The minimum atomic E-state index is -0.643. The number of benzene rings is 2. The van der Waals surface area contributed by atoms with Gasteiger partial charge in [-0.3, -0.25) is 4.79 Å². The molecule has 2 fully saturated rings. The second-order valence-electron chi connectivity index (χ2n) is 11.2. The van der Waals surface area contributed by atoms with E-state index < -0.39 is 11.0 Å². The van der Waals surface area contributed by atoms with Gasteiger partial charge < -0.3 is 14.5 Å². The minimum absolute atomic E-state index is 0.0152. The largest absolute Gasteiger partial charge is 0.441 e. The van der Waals surface area contributed by atoms with Gasteiger partial charge in [-0.05, 0) is 68.5 Å². The van der Waals surface area contributed by atoms with Crippen LogP contribution in [0.25, 0.3) is 0 Å². The SMILES string of the molecule is C=CC[C@@]1(C)C[C@H](c2cccc(Cl)c2)[C@@H](c2ccc(Cl)cc2)N([C@H](CC)CN2CC(C)(C)OC2=O)C1=O. The predicted molar refractivity (Wildman–Crippen MR) is 149 cm³/mol. The number of likely N-dealkylation sites (tertiary alicyclic amines) is 1. The van der Waals surface area contributed by atoms with E-state index in [9.17, 15) is 9.59 Å². The molecule has 0 saturated carbocycles. The fourth-order valence-electron chi connectivity index (χ4n) is 5.95. The third kappa shape index (κ3) is 5.68. The summed E-state index contributed by atoms with van der Waals surface area (Å²) >= 11 is 12.7. The highest BCUT2D eigenvalue weighted by molar-refractivity contribution is 6.30. The first-order chi connectivity index (χ1) is 17.5. The van der Waals surface area contributed by atoms with Gasteiger partial charge in [-0.25, -0.2) is 4.79 Å². The fraction of sp³-hybridized carbons (Fsp3) is 0.467. The summed E-state index contributed by atoms with van der Waals surface area (Å²) in [5.41, 5.74) is 0.885. The number of cyclic esters (lactones) is 1. The Morgan fingerprint density at radius 2 is 1.78 bits per heavy atom. The molecule has 0 bridgehead atoms. The molecule has 0 spiro atoms. The molecule has 0 radical (unpaired) electrons. The number of allylic oxidation sites excluding steroid dienone is 1. The van der Waals surface area contributed by atoms with Crippen LogP contribution >= 0.6 is 23.2 Å². The van der Waals surface area contributed by atoms with E-state index in [2.05, 4.69) is 19.6 Å². The van der Waals surface area contributed by atoms with Gasteiger partial charge in [-0.2, -0.15) is 0 Å². The van der Waals surface area contributed by atoms with Gasteiger partial charge >= 0.3 is 6.09 Å². The van der Waals surface area contributed by atoms with E-state index in [0.717, 1.165) is 11.1 Å². The molecule has 4 rings (SSSR count). The van der Waals surface area contributed by atoms with Crippen molar-refractivity contribution in [1.29, 1.82) is 0 Å². The molecule has 0 aromatic heterocycles. The topological polar surface area (TPSA) is 49.9 Å². The fourth-order valence-corrected chi connectivity index (χ4v) is 6.28. The molecule has 7 heteroatoms. The smallest absolute Gasteiger partial charge is 0.410 e. The standard InChI is InChI=1S/C30H36Cl2N2O3/c1-6-15-30(5)17-25(21-9-8-10-23(32)16-21)26(20-11-13-22(31)14-12-20)34(27(30)35)24(7-2)18-33-19-29(3,4)37-28(33)36/h6,8-14,16,24-26H,1,7,15,17-19H2,2-5H3/t24-,25-,26-,30+/m1/s1. The van der Waals surface area contributed by atoms with E-state index in [4.69, 9.17) is 27.9 Å². The van der Waals surface area contributed by atoms with Crippen molar-refractivity contribution in [1.82, 2.24) is 9.80 Å². The summed E-state index contributed by atoms with van der Waals surface area (Å²) in [5, 5.41) is 1.30. The van der Waals surface area contributed by atoms with Gasteiger partial charge in [0.2, 0.25) is 5.91 Å². The number of halogens is 2. The second kappa shape index (κ2) is 10.7. The molecule has 2 aromatic carbocycles. The van der Waals surface area contributed by atoms with Crippen LogP contribution in [-0.4, -0.2) is 46.5 Å². The Hall–Kier alpha value is -2.50. The third-order valence-corrected chi connectivity index (χ3v) is 8.16. The van der Waals surface area contributed by atoms with Crippen LogP contribution < -0.4 is 0 Å². The molecule has 2 aliphatic rings. The number of piperidine rings is 1. The molecule has 198 valence electrons. The van der Waals surface area contributed by atoms with Crippen molar-refractivity contribution >= 4 is 35.2 Å². The zero-order chi connectivity index (χ0) is 27.0. The lowest BCUT2D eigenvalue weighted by molar-refractivity contribution is -0.155. The summed E-state index contributed by atoms with van der Waals surface area (Å²) in [6.45, 7) is 12.8. The molecule has 4 atom stereocenters. The molecule has 2 amide bonds. The first-order valence-electron chi connectivity index (χ1n) is 12.9. The van der Waals surface area contributed by atoms with Crippen molar-refractivity contribution in [2.75, 3.05) is 13.1 Å². The van der Waals surface area contributed by atoms with Gasteiger partial charge in [0, 0.05) is 28.5 Å². The van der Waals surface area contributed by atoms with Crippen LogP contribution in [0.2, 0.25) is 10.0 Å². The molecule has 5 nitrogen and oxygen atoms in total. The Balaban J connectivity index is 1.84. The number of nitrogens with zero attached hydrogens (tertiary/aromatic N) is 2. The van der Waals surface area contributed by atoms with E-state index in [0.29, 0.717) is 42.4 Å². The molecule has 0 N–H and O–H groups in total. The number of amides is 2. The normalized spacial score (nSPS) is 26.2. The summed E-state index contributed by atoms with van der Waals surface area (Å²) < 4.78 is 5.57. The average molecular weight is 544 g/mol. The summed E-state index contributed by atoms with van der Waals surface area (Å²) in [5.74, 6) is 0.0582. The van der Waals surface area contributed by atoms with E-state index in [1.54, 1.807) is 4.90 Å². The van der Waals surface area contributed by atoms with E-state index >= 15 is 0 Å². The van der Waals surface area contributed by atoms with E-state index in [1.165, 1.54) is 0 Å². The zero-order valence-corrected chi connectivity index (χ0v) is 23.6. The average Bonchev–Trinajstić information content (AvgIpc) is 3.11. The molecule has 37 heavy (non-hydrogen) atoms. The molecule has 2 aliphatic heterocycles. The molecular weight excluding hydrogens is 507 g/mol. The van der Waals surface area contributed by atoms with Crippen molar-refractivity contribution in [3.05, 3.63) is 82.4 Å². The van der Waals surface area contributed by atoms with Gasteiger partial charge in [0.15, 0.2) is 0 Å². The van der Waals surface area contributed by atoms with Crippen molar-refractivity contribution in [3.63, 3.8) is 0 Å². The number of rotatable bonds is 8. The Labute approximate surface area is 230 Å². The van der Waals surface area contributed by atoms with Crippen molar-refractivity contribution in [2.24, 2.45) is 5.41 Å². The predicted octanol–water partition coefficient (Wildman–Crippen LogP) is 7.64. The lowest BCUT2D eigenvalue weighted by atomic mass is 9.67. The van der Waals surface area contributed by atoms with Gasteiger partial charge in [-0.15, -0.1) is 6.58 Å². The van der Waals surface area contributed by atoms with Crippen LogP contribution in [0.15, 0.2) is 61.2 Å². The van der Waals surface area contributed by atoms with Crippen LogP contribution in [0, 0.1) is 5.41 Å². The number of hydrogen-bond acceptors (Lipinski definition) is 3. The Morgan fingerprint density at radius 1 is 1.08 bits per heavy atom. The Bertz CT molecular complexity index is 1170. The van der Waals surface area contributed by atoms with Crippen LogP contribution in [0.1, 0.15) is 70.0 Å². The first-order valence-corrected chi connectivity index (χ1v) is 13.7. The van der Waals surface area contributed by atoms with Crippen molar-refractivity contribution < 1.29 is 14.3 Å². The number of carbonyl (C=O) groups excluding carboxylic acids is 2. The third-order valence-electron chi connectivity index (χ3n) is 7.67. The van der Waals surface area contributed by atoms with E-state index in [-0.39, 0.29) is 30.0 Å². The van der Waals surface area contributed by atoms with Gasteiger partial charge in [0.05, 0.1) is 18.0 Å². The summed E-state index contributed by atoms with van der Waals surface area (Å²) in [7, 11) is 0. The summed E-state index contributed by atoms with van der Waals surface area (Å²) in [4.78, 5) is 30.9. The van der Waals surface area contributed by atoms with Crippen molar-refractivity contribution in [2.45, 2.75) is 70.6 Å². The lowest BCUT2D eigenvalue weighted by Crippen LogP contribution is -2.57. The lowest BCUT2D eigenvalue weighted by Gasteiger charge is -2.52. The van der Waals surface area contributed by atoms with Gasteiger partial charge in [-0.1, -0.05) is 67.4 Å². The first kappa shape index (κ1) is 27.5. The second-order valence-corrected chi connectivity index (χ2v) is 12.1. The highest BCUT2D eigenvalue weighted by atomic mass is 35.5. The molecule has 2 heterocycles. The molecule has 0 unspecified atom stereocenters. The summed E-state index contributed by atoms with van der Waals surface area (Å²) in [6, 6.07) is 15.2. The van der Waals surface area contributed by atoms with E-state index in [1.807, 2.05) is 74.2 Å². The van der Waals surface area contributed by atoms with Gasteiger partial charge in [0.25, 0.3) is 0 Å². The molecule has 2 saturated heterocycles. The highest BCUT2D eigenvalue weighted by Crippen LogP contribution is 2.52. The maximum atomic E-state index is 14.4. The molecular formula is C30H36Cl2N2O3. The quantitative estimate of drug-likeness (QED) is 0.322. The summed E-state index contributed by atoms with van der Waals surface area (Å²) in [6.07, 6.45) is 3.39. The van der Waals surface area contributed by atoms with Crippen molar-refractivity contribution in [3.8, 4) is 0 Å². The monoisotopic (exact) mass is 542 g/mol. The van der Waals surface area contributed by atoms with Crippen LogP contribution in [0.4, 0.5) is 4.79 Å². The highest BCUT2D eigenvalue weighted by Gasteiger charge is 2.51. The number of carbonyl (C=O) groups is 2. The molecule has 0 aliphatic carbocycles. The maximum Gasteiger partial charge on any atom is 0.410 e. The maximum absolute atomic E-state index is 14.4. The van der Waals surface area contributed by atoms with Gasteiger partial charge in [0.1, 0.15) is 5.60 Å². The minimum Gasteiger partial charge on any atom is -0.441 e. The van der Waals surface area contributed by atoms with Crippen LogP contribution in [0.5, 0.6) is 0 Å². The Morgan fingerprint density at radius 3 is 2.35 bits per heavy atom. The zero-order valence-electron chi connectivity index (χ0n) is 22.0. The number of ether oxygens (including phenoxy) is 1. The van der Waals surface area contributed by atoms with Crippen LogP contribution in [-0.2, 0) is 9.53 Å².